The summed E-state index contributed by atoms with van der Waals surface area (Å²) in [5.41, 5.74) is -14.5. The van der Waals surface area contributed by atoms with E-state index < -0.39 is 64.6 Å². The maximum atomic E-state index is 13.1. The highest BCUT2D eigenvalue weighted by Crippen LogP contribution is 2.66. The summed E-state index contributed by atoms with van der Waals surface area (Å²) in [6.07, 6.45) is -0.916. The van der Waals surface area contributed by atoms with Gasteiger partial charge in [0.1, 0.15) is 11.9 Å². The molecule has 3 unspecified atom stereocenters. The average molecular weight is 543 g/mol. The number of ether oxygens (including phenoxy) is 1. The van der Waals surface area contributed by atoms with Gasteiger partial charge in [-0.25, -0.2) is 16.8 Å². The van der Waals surface area contributed by atoms with Gasteiger partial charge < -0.3 is 4.74 Å². The van der Waals surface area contributed by atoms with Crippen LogP contribution in [0.5, 0.6) is 0 Å². The zero-order valence-electron chi connectivity index (χ0n) is 18.2. The number of ketones is 1. The number of rotatable bonds is 7. The van der Waals surface area contributed by atoms with E-state index >= 15 is 0 Å². The Labute approximate surface area is 192 Å². The minimum atomic E-state index is -6.82. The third-order valence-electron chi connectivity index (χ3n) is 7.41. The van der Waals surface area contributed by atoms with Crippen molar-refractivity contribution in [2.45, 2.75) is 80.5 Å². The first-order valence-corrected chi connectivity index (χ1v) is 13.6. The van der Waals surface area contributed by atoms with Gasteiger partial charge in [-0.05, 0) is 64.2 Å². The molecule has 196 valence electrons. The molecule has 4 saturated carbocycles. The van der Waals surface area contributed by atoms with Crippen molar-refractivity contribution >= 4 is 31.4 Å². The average Bonchev–Trinajstić information content (AvgIpc) is 2.62. The van der Waals surface area contributed by atoms with Gasteiger partial charge in [-0.3, -0.25) is 9.59 Å². The Kier molecular flexibility index (Phi) is 6.46. The van der Waals surface area contributed by atoms with Gasteiger partial charge >= 0.3 is 17.0 Å². The molecule has 0 N–H and O–H groups in total. The number of halogens is 6. The Balaban J connectivity index is 1.86. The fourth-order valence-corrected chi connectivity index (χ4v) is 9.89. The van der Waals surface area contributed by atoms with Crippen molar-refractivity contribution in [3.63, 3.8) is 0 Å². The third kappa shape index (κ3) is 4.35. The predicted molar refractivity (Wildman–Crippen MR) is 104 cm³/mol. The Bertz CT molecular complexity index is 1020. The van der Waals surface area contributed by atoms with Crippen LogP contribution in [-0.2, 0) is 34.0 Å². The molecule has 4 aliphatic rings. The van der Waals surface area contributed by atoms with Crippen molar-refractivity contribution in [3.8, 4) is 0 Å². The summed E-state index contributed by atoms with van der Waals surface area (Å²) in [6.45, 7) is 2.24. The van der Waals surface area contributed by atoms with Crippen LogP contribution in [0.15, 0.2) is 0 Å². The standard InChI is InChI=1S/C19H24F6O7S2/c1-10(3-14(33(28,29)18(20,21)22)34(30,31)19(23,24)25)32-15(27)17-7-12-4-13(8-17)6-16(5-12,9-17)11(2)26/h10,12-14H,3-9H2,1-2H3. The first-order chi connectivity index (χ1) is 15.2. The SMILES string of the molecule is CC(=O)C12CC3CC(C1)CC(C(=O)OC(C)CC(S(=O)(=O)C(F)(F)F)S(=O)(=O)C(F)(F)F)(C3)C2. The van der Waals surface area contributed by atoms with Gasteiger partial charge in [-0.1, -0.05) is 0 Å². The molecule has 4 bridgehead atoms. The lowest BCUT2D eigenvalue weighted by Gasteiger charge is -2.60. The van der Waals surface area contributed by atoms with Gasteiger partial charge in [0.25, 0.3) is 19.7 Å². The van der Waals surface area contributed by atoms with Crippen LogP contribution in [0.3, 0.4) is 0 Å². The summed E-state index contributed by atoms with van der Waals surface area (Å²) in [7, 11) is -13.6. The second kappa shape index (κ2) is 8.07. The van der Waals surface area contributed by atoms with Crippen LogP contribution < -0.4 is 0 Å². The molecule has 34 heavy (non-hydrogen) atoms. The molecule has 7 nitrogen and oxygen atoms in total. The van der Waals surface area contributed by atoms with E-state index in [1.807, 2.05) is 0 Å². The lowest BCUT2D eigenvalue weighted by Crippen LogP contribution is -2.57. The van der Waals surface area contributed by atoms with Crippen molar-refractivity contribution in [1.29, 1.82) is 0 Å². The van der Waals surface area contributed by atoms with Crippen LogP contribution in [0.4, 0.5) is 26.3 Å². The third-order valence-corrected chi connectivity index (χ3v) is 12.0. The van der Waals surface area contributed by atoms with Crippen LogP contribution in [0.2, 0.25) is 0 Å². The van der Waals surface area contributed by atoms with E-state index in [4.69, 9.17) is 4.74 Å². The fourth-order valence-electron chi connectivity index (χ4n) is 6.26. The van der Waals surface area contributed by atoms with Crippen LogP contribution in [0.25, 0.3) is 0 Å². The number of carbonyl (C=O) groups is 2. The Morgan fingerprint density at radius 3 is 1.68 bits per heavy atom. The second-order valence-corrected chi connectivity index (χ2v) is 14.5. The lowest BCUT2D eigenvalue weighted by atomic mass is 9.43. The molecule has 0 radical (unpaired) electrons. The van der Waals surface area contributed by atoms with Crippen LogP contribution in [-0.4, -0.2) is 50.3 Å². The molecule has 4 rings (SSSR count). The summed E-state index contributed by atoms with van der Waals surface area (Å²) < 4.78 is 126. The normalized spacial score (nSPS) is 32.6. The van der Waals surface area contributed by atoms with Crippen molar-refractivity contribution in [2.24, 2.45) is 22.7 Å². The number of sulfone groups is 2. The molecule has 3 atom stereocenters. The van der Waals surface area contributed by atoms with Crippen molar-refractivity contribution in [1.82, 2.24) is 0 Å². The molecule has 15 heteroatoms. The Morgan fingerprint density at radius 2 is 1.29 bits per heavy atom. The van der Waals surface area contributed by atoms with Gasteiger partial charge in [0.15, 0.2) is 4.58 Å². The minimum Gasteiger partial charge on any atom is -0.462 e. The molecule has 0 spiro atoms. The number of carbonyl (C=O) groups excluding carboxylic acids is 2. The van der Waals surface area contributed by atoms with Crippen LogP contribution >= 0.6 is 0 Å². The summed E-state index contributed by atoms with van der Waals surface area (Å²) >= 11 is 0. The first-order valence-electron chi connectivity index (χ1n) is 10.5. The van der Waals surface area contributed by atoms with Gasteiger partial charge in [-0.2, -0.15) is 26.3 Å². The molecular weight excluding hydrogens is 518 g/mol. The van der Waals surface area contributed by atoms with Crippen molar-refractivity contribution in [3.05, 3.63) is 0 Å². The molecular formula is C19H24F6O7S2. The summed E-state index contributed by atoms with van der Waals surface area (Å²) in [6, 6.07) is 0. The molecule has 0 aromatic heterocycles. The second-order valence-electron chi connectivity index (χ2n) is 9.94. The molecule has 0 amide bonds. The quantitative estimate of drug-likeness (QED) is 0.356. The highest BCUT2D eigenvalue weighted by Gasteiger charge is 2.65. The summed E-state index contributed by atoms with van der Waals surface area (Å²) in [5, 5.41) is 0. The molecule has 4 aliphatic carbocycles. The van der Waals surface area contributed by atoms with Gasteiger partial charge in [0.05, 0.1) is 5.41 Å². The number of alkyl halides is 6. The van der Waals surface area contributed by atoms with Gasteiger partial charge in [0.2, 0.25) is 0 Å². The number of esters is 1. The monoisotopic (exact) mass is 542 g/mol. The van der Waals surface area contributed by atoms with Crippen LogP contribution in [0.1, 0.15) is 58.8 Å². The highest BCUT2D eigenvalue weighted by molar-refractivity contribution is 8.09. The van der Waals surface area contributed by atoms with E-state index in [1.165, 1.54) is 6.92 Å². The van der Waals surface area contributed by atoms with Gasteiger partial charge in [0, 0.05) is 11.8 Å². The van der Waals surface area contributed by atoms with Crippen LogP contribution in [0, 0.1) is 22.7 Å². The molecule has 0 aromatic rings. The maximum Gasteiger partial charge on any atom is 0.498 e. The fraction of sp³-hybridized carbons (Fsp3) is 0.895. The lowest BCUT2D eigenvalue weighted by molar-refractivity contribution is -0.186. The van der Waals surface area contributed by atoms with E-state index in [0.717, 1.165) is 13.3 Å². The molecule has 0 saturated heterocycles. The predicted octanol–water partition coefficient (Wildman–Crippen LogP) is 3.68. The Hall–Kier alpha value is -1.38. The number of hydrogen-bond acceptors (Lipinski definition) is 7. The Morgan fingerprint density at radius 1 is 0.882 bits per heavy atom. The van der Waals surface area contributed by atoms with E-state index in [1.54, 1.807) is 0 Å². The molecule has 0 aliphatic heterocycles. The smallest absolute Gasteiger partial charge is 0.462 e. The summed E-state index contributed by atoms with van der Waals surface area (Å²) in [5.74, 6) is -1.03. The highest BCUT2D eigenvalue weighted by atomic mass is 32.3. The largest absolute Gasteiger partial charge is 0.498 e. The minimum absolute atomic E-state index is 0.0250. The first kappa shape index (κ1) is 27.2. The van der Waals surface area contributed by atoms with Gasteiger partial charge in [-0.15, -0.1) is 0 Å². The molecule has 0 aromatic carbocycles. The van der Waals surface area contributed by atoms with E-state index in [-0.39, 0.29) is 24.0 Å². The zero-order valence-corrected chi connectivity index (χ0v) is 19.8. The number of hydrogen-bond donors (Lipinski definition) is 0. The van der Waals surface area contributed by atoms with E-state index in [9.17, 15) is 52.8 Å². The maximum absolute atomic E-state index is 13.1. The molecule has 0 heterocycles. The topological polar surface area (TPSA) is 112 Å². The van der Waals surface area contributed by atoms with E-state index in [2.05, 4.69) is 0 Å². The van der Waals surface area contributed by atoms with E-state index in [0.29, 0.717) is 25.7 Å². The van der Waals surface area contributed by atoms with Crippen molar-refractivity contribution < 1.29 is 57.5 Å². The zero-order chi connectivity index (χ0) is 26.1. The summed E-state index contributed by atoms with van der Waals surface area (Å²) in [4.78, 5) is 25.4. The van der Waals surface area contributed by atoms with Crippen molar-refractivity contribution in [2.75, 3.05) is 0 Å². The molecule has 4 fully saturated rings. The number of Topliss-reactive ketones (excluding diaryl/α,β-unsaturated/α-hetero) is 1.